The first-order valence-electron chi connectivity index (χ1n) is 7.08. The van der Waals surface area contributed by atoms with Crippen LogP contribution in [0.3, 0.4) is 0 Å². The molecule has 2 aromatic rings. The second kappa shape index (κ2) is 8.70. The Hall–Kier alpha value is -2.67. The molecule has 0 amide bonds. The molecule has 0 atom stereocenters. The van der Waals surface area contributed by atoms with E-state index in [4.69, 9.17) is 15.2 Å². The number of nitrogens with one attached hydrogen (secondary N) is 1. The molecule has 0 radical (unpaired) electrons. The lowest BCUT2D eigenvalue weighted by Gasteiger charge is -2.07. The number of rotatable bonds is 7. The van der Waals surface area contributed by atoms with E-state index in [2.05, 4.69) is 15.3 Å². The van der Waals surface area contributed by atoms with Gasteiger partial charge in [-0.2, -0.15) is 0 Å². The molecule has 7 heteroatoms. The predicted octanol–water partition coefficient (Wildman–Crippen LogP) is 2.06. The van der Waals surface area contributed by atoms with Crippen LogP contribution >= 0.6 is 0 Å². The van der Waals surface area contributed by atoms with Crippen molar-refractivity contribution in [3.63, 3.8) is 0 Å². The molecule has 0 aliphatic heterocycles. The normalized spacial score (nSPS) is 11.3. The van der Waals surface area contributed by atoms with Crippen LogP contribution in [0.5, 0.6) is 11.6 Å². The van der Waals surface area contributed by atoms with E-state index in [0.717, 1.165) is 5.56 Å². The fourth-order valence-electron chi connectivity index (χ4n) is 1.74. The Kier molecular flexibility index (Phi) is 6.31. The number of methoxy groups -OCH3 is 1. The molecule has 1 heterocycles. The summed E-state index contributed by atoms with van der Waals surface area (Å²) in [6, 6.07) is 9.32. The number of benzene rings is 1. The number of guanidine groups is 1. The summed E-state index contributed by atoms with van der Waals surface area (Å²) in [7, 11) is 1.62. The van der Waals surface area contributed by atoms with Crippen molar-refractivity contribution in [3.8, 4) is 11.6 Å². The molecule has 0 saturated carbocycles. The fourth-order valence-corrected chi connectivity index (χ4v) is 1.74. The van der Waals surface area contributed by atoms with Gasteiger partial charge in [0.25, 0.3) is 0 Å². The molecule has 0 aliphatic rings. The summed E-state index contributed by atoms with van der Waals surface area (Å²) in [4.78, 5) is 8.34. The highest BCUT2D eigenvalue weighted by molar-refractivity contribution is 5.77. The number of hydrogen-bond donors (Lipinski definition) is 2. The molecule has 0 saturated heterocycles. The zero-order valence-corrected chi connectivity index (χ0v) is 12.8. The summed E-state index contributed by atoms with van der Waals surface area (Å²) in [6.07, 6.45) is 1.62. The third-order valence-corrected chi connectivity index (χ3v) is 2.88. The molecule has 0 fully saturated rings. The SMILES string of the molecule is COCCNC(N)=NCc1ccnc(Oc2ccc(F)cc2)c1. The fraction of sp³-hybridized carbons (Fsp3) is 0.250. The van der Waals surface area contributed by atoms with Gasteiger partial charge in [0, 0.05) is 25.9 Å². The van der Waals surface area contributed by atoms with Gasteiger partial charge in [-0.25, -0.2) is 14.4 Å². The Bertz CT molecular complexity index is 647. The summed E-state index contributed by atoms with van der Waals surface area (Å²) in [6.45, 7) is 1.55. The van der Waals surface area contributed by atoms with Crippen LogP contribution in [0, 0.1) is 5.82 Å². The van der Waals surface area contributed by atoms with E-state index in [9.17, 15) is 4.39 Å². The molecule has 3 N–H and O–H groups in total. The van der Waals surface area contributed by atoms with Crippen LogP contribution in [0.4, 0.5) is 4.39 Å². The Labute approximate surface area is 134 Å². The lowest BCUT2D eigenvalue weighted by atomic mass is 10.2. The largest absolute Gasteiger partial charge is 0.439 e. The Morgan fingerprint density at radius 1 is 1.30 bits per heavy atom. The number of nitrogens with two attached hydrogens (primary N) is 1. The Morgan fingerprint density at radius 3 is 2.83 bits per heavy atom. The molecule has 0 unspecified atom stereocenters. The molecule has 2 rings (SSSR count). The first kappa shape index (κ1) is 16.7. The summed E-state index contributed by atoms with van der Waals surface area (Å²) in [5.74, 6) is 0.959. The van der Waals surface area contributed by atoms with Crippen LogP contribution in [-0.2, 0) is 11.3 Å². The Morgan fingerprint density at radius 2 is 2.09 bits per heavy atom. The van der Waals surface area contributed by atoms with E-state index in [1.807, 2.05) is 6.07 Å². The monoisotopic (exact) mass is 318 g/mol. The van der Waals surface area contributed by atoms with Crippen LogP contribution in [0.2, 0.25) is 0 Å². The van der Waals surface area contributed by atoms with Crippen molar-refractivity contribution < 1.29 is 13.9 Å². The number of hydrogen-bond acceptors (Lipinski definition) is 4. The highest BCUT2D eigenvalue weighted by Crippen LogP contribution is 2.20. The molecule has 23 heavy (non-hydrogen) atoms. The topological polar surface area (TPSA) is 81.8 Å². The van der Waals surface area contributed by atoms with Gasteiger partial charge in [0.15, 0.2) is 5.96 Å². The van der Waals surface area contributed by atoms with Crippen LogP contribution in [-0.4, -0.2) is 31.2 Å². The predicted molar refractivity (Wildman–Crippen MR) is 85.9 cm³/mol. The van der Waals surface area contributed by atoms with E-state index >= 15 is 0 Å². The maximum atomic E-state index is 12.9. The second-order valence-electron chi connectivity index (χ2n) is 4.68. The van der Waals surface area contributed by atoms with E-state index in [1.165, 1.54) is 12.1 Å². The van der Waals surface area contributed by atoms with E-state index in [-0.39, 0.29) is 5.82 Å². The van der Waals surface area contributed by atoms with Gasteiger partial charge in [-0.3, -0.25) is 0 Å². The maximum Gasteiger partial charge on any atom is 0.219 e. The van der Waals surface area contributed by atoms with Crippen molar-refractivity contribution >= 4 is 5.96 Å². The highest BCUT2D eigenvalue weighted by atomic mass is 19.1. The quantitative estimate of drug-likeness (QED) is 0.464. The smallest absolute Gasteiger partial charge is 0.219 e. The lowest BCUT2D eigenvalue weighted by molar-refractivity contribution is 0.204. The van der Waals surface area contributed by atoms with Gasteiger partial charge in [0.1, 0.15) is 11.6 Å². The van der Waals surface area contributed by atoms with E-state index in [0.29, 0.717) is 37.3 Å². The molecule has 1 aromatic carbocycles. The summed E-state index contributed by atoms with van der Waals surface area (Å²) in [5.41, 5.74) is 6.64. The highest BCUT2D eigenvalue weighted by Gasteiger charge is 2.01. The molecule has 0 bridgehead atoms. The molecule has 6 nitrogen and oxygen atoms in total. The van der Waals surface area contributed by atoms with Crippen LogP contribution in [0.15, 0.2) is 47.6 Å². The molecular formula is C16H19FN4O2. The van der Waals surface area contributed by atoms with Gasteiger partial charge in [0.2, 0.25) is 5.88 Å². The number of aliphatic imine (C=N–C) groups is 1. The van der Waals surface area contributed by atoms with Gasteiger partial charge < -0.3 is 20.5 Å². The average molecular weight is 318 g/mol. The van der Waals surface area contributed by atoms with Crippen LogP contribution < -0.4 is 15.8 Å². The lowest BCUT2D eigenvalue weighted by Crippen LogP contribution is -2.34. The van der Waals surface area contributed by atoms with E-state index in [1.54, 1.807) is 31.5 Å². The van der Waals surface area contributed by atoms with Crippen molar-refractivity contribution in [1.29, 1.82) is 0 Å². The summed E-state index contributed by atoms with van der Waals surface area (Å²) in [5, 5.41) is 2.93. The van der Waals surface area contributed by atoms with Crippen molar-refractivity contribution in [2.75, 3.05) is 20.3 Å². The van der Waals surface area contributed by atoms with Gasteiger partial charge in [-0.1, -0.05) is 0 Å². The standard InChI is InChI=1S/C16H19FN4O2/c1-22-9-8-20-16(18)21-11-12-6-7-19-15(10-12)23-14-4-2-13(17)3-5-14/h2-7,10H,8-9,11H2,1H3,(H3,18,20,21). The summed E-state index contributed by atoms with van der Waals surface area (Å²) >= 11 is 0. The van der Waals surface area contributed by atoms with Crippen LogP contribution in [0.1, 0.15) is 5.56 Å². The minimum atomic E-state index is -0.315. The number of aromatic nitrogens is 1. The minimum Gasteiger partial charge on any atom is -0.439 e. The summed E-state index contributed by atoms with van der Waals surface area (Å²) < 4.78 is 23.3. The van der Waals surface area contributed by atoms with Crippen LogP contribution in [0.25, 0.3) is 0 Å². The van der Waals surface area contributed by atoms with Crippen molar-refractivity contribution in [1.82, 2.24) is 10.3 Å². The molecule has 0 aliphatic carbocycles. The maximum absolute atomic E-state index is 12.9. The first-order chi connectivity index (χ1) is 11.2. The number of halogens is 1. The molecule has 122 valence electrons. The first-order valence-corrected chi connectivity index (χ1v) is 7.08. The van der Waals surface area contributed by atoms with Gasteiger partial charge in [-0.05, 0) is 35.9 Å². The molecule has 1 aromatic heterocycles. The van der Waals surface area contributed by atoms with Gasteiger partial charge in [-0.15, -0.1) is 0 Å². The number of nitrogens with zero attached hydrogens (tertiary/aromatic N) is 2. The van der Waals surface area contributed by atoms with Gasteiger partial charge >= 0.3 is 0 Å². The average Bonchev–Trinajstić information content (AvgIpc) is 2.56. The third-order valence-electron chi connectivity index (χ3n) is 2.88. The third kappa shape index (κ3) is 5.91. The van der Waals surface area contributed by atoms with Crippen molar-refractivity contribution in [2.45, 2.75) is 6.54 Å². The van der Waals surface area contributed by atoms with Gasteiger partial charge in [0.05, 0.1) is 13.2 Å². The minimum absolute atomic E-state index is 0.315. The number of ether oxygens (including phenoxy) is 2. The zero-order valence-electron chi connectivity index (χ0n) is 12.8. The second-order valence-corrected chi connectivity index (χ2v) is 4.68. The van der Waals surface area contributed by atoms with E-state index < -0.39 is 0 Å². The van der Waals surface area contributed by atoms with Crippen molar-refractivity contribution in [2.24, 2.45) is 10.7 Å². The molecular weight excluding hydrogens is 299 g/mol. The Balaban J connectivity index is 1.94. The zero-order chi connectivity index (χ0) is 16.5. The molecule has 0 spiro atoms. The number of pyridine rings is 1. The van der Waals surface area contributed by atoms with Crippen molar-refractivity contribution in [3.05, 3.63) is 54.0 Å².